The summed E-state index contributed by atoms with van der Waals surface area (Å²) < 4.78 is 0. The molecule has 0 aliphatic rings. The van der Waals surface area contributed by atoms with Gasteiger partial charge in [-0.1, -0.05) is 20.3 Å². The van der Waals surface area contributed by atoms with Crippen LogP contribution in [0.5, 0.6) is 0 Å². The molecule has 0 aliphatic heterocycles. The Morgan fingerprint density at radius 3 is 2.80 bits per heavy atom. The number of nitrogens with zero attached hydrogens (tertiary/aromatic N) is 1. The van der Waals surface area contributed by atoms with E-state index < -0.39 is 0 Å². The summed E-state index contributed by atoms with van der Waals surface area (Å²) in [6, 6.07) is 3.47. The second-order valence-corrected chi connectivity index (χ2v) is 3.73. The van der Waals surface area contributed by atoms with Gasteiger partial charge in [-0.15, -0.1) is 0 Å². The molecular formula is C12H18N2O. The Labute approximate surface area is 90.7 Å². The highest BCUT2D eigenvalue weighted by Gasteiger charge is 2.11. The van der Waals surface area contributed by atoms with Gasteiger partial charge < -0.3 is 5.73 Å². The first-order chi connectivity index (χ1) is 7.19. The van der Waals surface area contributed by atoms with Crippen molar-refractivity contribution in [3.05, 3.63) is 29.6 Å². The van der Waals surface area contributed by atoms with E-state index in [-0.39, 0.29) is 5.91 Å². The van der Waals surface area contributed by atoms with Crippen molar-refractivity contribution in [3.8, 4) is 0 Å². The van der Waals surface area contributed by atoms with Crippen molar-refractivity contribution in [2.45, 2.75) is 39.0 Å². The maximum atomic E-state index is 11.0. The zero-order valence-electron chi connectivity index (χ0n) is 9.36. The molecule has 0 bridgehead atoms. The van der Waals surface area contributed by atoms with Gasteiger partial charge in [-0.2, -0.15) is 0 Å². The summed E-state index contributed by atoms with van der Waals surface area (Å²) >= 11 is 0. The molecule has 0 aliphatic carbocycles. The van der Waals surface area contributed by atoms with Crippen LogP contribution in [0.4, 0.5) is 0 Å². The molecule has 0 saturated carbocycles. The Kier molecular flexibility index (Phi) is 4.28. The van der Waals surface area contributed by atoms with E-state index in [2.05, 4.69) is 18.8 Å². The van der Waals surface area contributed by atoms with E-state index in [0.717, 1.165) is 25.0 Å². The third kappa shape index (κ3) is 3.05. The summed E-state index contributed by atoms with van der Waals surface area (Å²) in [6.45, 7) is 4.29. The minimum Gasteiger partial charge on any atom is -0.366 e. The molecule has 15 heavy (non-hydrogen) atoms. The Morgan fingerprint density at radius 1 is 1.53 bits per heavy atom. The highest BCUT2D eigenvalue weighted by molar-refractivity contribution is 5.92. The smallest absolute Gasteiger partial charge is 0.248 e. The molecule has 3 heteroatoms. The number of amides is 1. The van der Waals surface area contributed by atoms with Crippen molar-refractivity contribution >= 4 is 5.91 Å². The molecular weight excluding hydrogens is 188 g/mol. The molecule has 1 aromatic heterocycles. The van der Waals surface area contributed by atoms with Gasteiger partial charge in [0.15, 0.2) is 0 Å². The Bertz CT molecular complexity index is 336. The molecule has 1 heterocycles. The second kappa shape index (κ2) is 5.49. The molecule has 3 nitrogen and oxygen atoms in total. The third-order valence-electron chi connectivity index (χ3n) is 2.61. The molecule has 0 aromatic carbocycles. The number of nitrogens with two attached hydrogens (primary N) is 1. The number of rotatable bonds is 5. The van der Waals surface area contributed by atoms with Crippen molar-refractivity contribution in [2.24, 2.45) is 5.73 Å². The van der Waals surface area contributed by atoms with Gasteiger partial charge in [-0.25, -0.2) is 0 Å². The summed E-state index contributed by atoms with van der Waals surface area (Å²) in [5.74, 6) is 0.0549. The Hall–Kier alpha value is -1.38. The fourth-order valence-corrected chi connectivity index (χ4v) is 1.73. The van der Waals surface area contributed by atoms with E-state index in [1.807, 2.05) is 6.07 Å². The van der Waals surface area contributed by atoms with Crippen LogP contribution in [0.15, 0.2) is 18.3 Å². The lowest BCUT2D eigenvalue weighted by Gasteiger charge is -2.13. The van der Waals surface area contributed by atoms with Crippen molar-refractivity contribution in [1.29, 1.82) is 0 Å². The van der Waals surface area contributed by atoms with Crippen LogP contribution in [0.2, 0.25) is 0 Å². The first-order valence-corrected chi connectivity index (χ1v) is 5.44. The highest BCUT2D eigenvalue weighted by Crippen LogP contribution is 2.23. The minimum atomic E-state index is -0.384. The van der Waals surface area contributed by atoms with Crippen LogP contribution in [-0.4, -0.2) is 10.9 Å². The summed E-state index contributed by atoms with van der Waals surface area (Å²) in [5.41, 5.74) is 6.76. The molecule has 0 radical (unpaired) electrons. The van der Waals surface area contributed by atoms with Crippen molar-refractivity contribution in [3.63, 3.8) is 0 Å². The molecule has 1 unspecified atom stereocenters. The maximum absolute atomic E-state index is 11.0. The summed E-state index contributed by atoms with van der Waals surface area (Å²) in [7, 11) is 0. The first kappa shape index (κ1) is 11.7. The number of aromatic nitrogens is 1. The lowest BCUT2D eigenvalue weighted by Crippen LogP contribution is -2.12. The van der Waals surface area contributed by atoms with Gasteiger partial charge in [0, 0.05) is 23.4 Å². The van der Waals surface area contributed by atoms with E-state index in [1.165, 1.54) is 0 Å². The van der Waals surface area contributed by atoms with Gasteiger partial charge in [0.2, 0.25) is 5.91 Å². The third-order valence-corrected chi connectivity index (χ3v) is 2.61. The monoisotopic (exact) mass is 206 g/mol. The first-order valence-electron chi connectivity index (χ1n) is 5.44. The minimum absolute atomic E-state index is 0.384. The number of hydrogen-bond acceptors (Lipinski definition) is 2. The van der Waals surface area contributed by atoms with Crippen LogP contribution in [0.1, 0.15) is 55.1 Å². The summed E-state index contributed by atoms with van der Waals surface area (Å²) in [6.07, 6.45) is 4.93. The van der Waals surface area contributed by atoms with E-state index in [9.17, 15) is 4.79 Å². The largest absolute Gasteiger partial charge is 0.366 e. The number of hydrogen-bond donors (Lipinski definition) is 1. The lowest BCUT2D eigenvalue weighted by atomic mass is 9.95. The van der Waals surface area contributed by atoms with Crippen molar-refractivity contribution < 1.29 is 4.79 Å². The molecule has 1 rings (SSSR count). The van der Waals surface area contributed by atoms with E-state index >= 15 is 0 Å². The van der Waals surface area contributed by atoms with Crippen LogP contribution < -0.4 is 5.73 Å². The average molecular weight is 206 g/mol. The van der Waals surface area contributed by atoms with Crippen LogP contribution in [-0.2, 0) is 0 Å². The van der Waals surface area contributed by atoms with Gasteiger partial charge in [-0.05, 0) is 25.0 Å². The van der Waals surface area contributed by atoms with Gasteiger partial charge in [-0.3, -0.25) is 9.78 Å². The van der Waals surface area contributed by atoms with E-state index in [4.69, 9.17) is 5.73 Å². The summed E-state index contributed by atoms with van der Waals surface area (Å²) in [5, 5.41) is 0. The molecule has 1 amide bonds. The van der Waals surface area contributed by atoms with E-state index in [0.29, 0.717) is 11.5 Å². The maximum Gasteiger partial charge on any atom is 0.248 e. The molecule has 82 valence electrons. The van der Waals surface area contributed by atoms with Crippen LogP contribution in [0.3, 0.4) is 0 Å². The van der Waals surface area contributed by atoms with Gasteiger partial charge in [0.1, 0.15) is 0 Å². The quantitative estimate of drug-likeness (QED) is 0.804. The standard InChI is InChI=1S/C12H18N2O/c1-3-5-9(4-2)11-8-10(12(13)15)6-7-14-11/h6-9H,3-5H2,1-2H3,(H2,13,15). The molecule has 0 fully saturated rings. The second-order valence-electron chi connectivity index (χ2n) is 3.73. The lowest BCUT2D eigenvalue weighted by molar-refractivity contribution is 0.1000. The number of primary amides is 1. The van der Waals surface area contributed by atoms with Crippen LogP contribution >= 0.6 is 0 Å². The summed E-state index contributed by atoms with van der Waals surface area (Å²) in [4.78, 5) is 15.3. The Balaban J connectivity index is 2.92. The van der Waals surface area contributed by atoms with Crippen molar-refractivity contribution in [1.82, 2.24) is 4.98 Å². The predicted octanol–water partition coefficient (Wildman–Crippen LogP) is 2.47. The molecule has 1 aromatic rings. The fraction of sp³-hybridized carbons (Fsp3) is 0.500. The number of pyridine rings is 1. The van der Waals surface area contributed by atoms with Crippen LogP contribution in [0.25, 0.3) is 0 Å². The average Bonchev–Trinajstić information content (AvgIpc) is 2.26. The van der Waals surface area contributed by atoms with E-state index in [1.54, 1.807) is 12.3 Å². The number of carbonyl (C=O) groups excluding carboxylic acids is 1. The zero-order valence-corrected chi connectivity index (χ0v) is 9.36. The number of carbonyl (C=O) groups is 1. The predicted molar refractivity (Wildman–Crippen MR) is 60.7 cm³/mol. The molecule has 2 N–H and O–H groups in total. The van der Waals surface area contributed by atoms with Crippen LogP contribution in [0, 0.1) is 0 Å². The molecule has 1 atom stereocenters. The highest BCUT2D eigenvalue weighted by atomic mass is 16.1. The topological polar surface area (TPSA) is 56.0 Å². The normalized spacial score (nSPS) is 12.4. The Morgan fingerprint density at radius 2 is 2.27 bits per heavy atom. The van der Waals surface area contributed by atoms with Crippen molar-refractivity contribution in [2.75, 3.05) is 0 Å². The zero-order chi connectivity index (χ0) is 11.3. The molecule has 0 spiro atoms. The fourth-order valence-electron chi connectivity index (χ4n) is 1.73. The molecule has 0 saturated heterocycles. The van der Waals surface area contributed by atoms with Gasteiger partial charge in [0.25, 0.3) is 0 Å². The van der Waals surface area contributed by atoms with Gasteiger partial charge in [0.05, 0.1) is 0 Å². The SMILES string of the molecule is CCCC(CC)c1cc(C(N)=O)ccn1. The van der Waals surface area contributed by atoms with Gasteiger partial charge >= 0.3 is 0 Å².